The van der Waals surface area contributed by atoms with Crippen LogP contribution in [0.5, 0.6) is 0 Å². The van der Waals surface area contributed by atoms with Gasteiger partial charge in [0, 0.05) is 5.56 Å². The van der Waals surface area contributed by atoms with E-state index in [1.807, 2.05) is 0 Å². The van der Waals surface area contributed by atoms with Crippen molar-refractivity contribution in [3.8, 4) is 0 Å². The number of hydrogen-bond acceptors (Lipinski definition) is 4. The average Bonchev–Trinajstić information content (AvgIpc) is 2.32. The molecule has 0 unspecified atom stereocenters. The van der Waals surface area contributed by atoms with E-state index in [4.69, 9.17) is 4.42 Å². The highest BCUT2D eigenvalue weighted by atomic mass is 32.2. The van der Waals surface area contributed by atoms with Crippen LogP contribution in [0.1, 0.15) is 5.56 Å². The van der Waals surface area contributed by atoms with E-state index >= 15 is 0 Å². The fourth-order valence-electron chi connectivity index (χ4n) is 0.550. The molecule has 0 atom stereocenters. The van der Waals surface area contributed by atoms with E-state index in [1.54, 1.807) is 6.07 Å². The maximum atomic E-state index is 10.5. The summed E-state index contributed by atoms with van der Waals surface area (Å²) in [6.45, 7) is 0.0370. The lowest BCUT2D eigenvalue weighted by Crippen LogP contribution is -2.01. The molecule has 0 radical (unpaired) electrons. The van der Waals surface area contributed by atoms with E-state index in [0.29, 0.717) is 5.56 Å². The van der Waals surface area contributed by atoms with Gasteiger partial charge in [-0.25, -0.2) is 0 Å². The van der Waals surface area contributed by atoms with Crippen molar-refractivity contribution in [3.05, 3.63) is 24.2 Å². The van der Waals surface area contributed by atoms with Crippen molar-refractivity contribution < 1.29 is 17.0 Å². The van der Waals surface area contributed by atoms with Gasteiger partial charge in [-0.3, -0.25) is 4.18 Å². The standard InChI is InChI=1S/C6H8O4S/c1-11(7,8)10-5-6-2-3-9-4-6/h2-4H,5H2,1H3. The lowest BCUT2D eigenvalue weighted by molar-refractivity contribution is 0.310. The maximum absolute atomic E-state index is 10.5. The van der Waals surface area contributed by atoms with E-state index < -0.39 is 10.1 Å². The van der Waals surface area contributed by atoms with Crippen LogP contribution >= 0.6 is 0 Å². The normalized spacial score (nSPS) is 11.7. The second-order valence-corrected chi connectivity index (χ2v) is 3.74. The summed E-state index contributed by atoms with van der Waals surface area (Å²) in [5.74, 6) is 0. The Hall–Kier alpha value is -0.810. The zero-order valence-electron chi connectivity index (χ0n) is 5.98. The smallest absolute Gasteiger partial charge is 0.264 e. The molecule has 1 rings (SSSR count). The highest BCUT2D eigenvalue weighted by molar-refractivity contribution is 7.85. The Morgan fingerprint density at radius 2 is 2.36 bits per heavy atom. The summed E-state index contributed by atoms with van der Waals surface area (Å²) in [6.07, 6.45) is 3.90. The fourth-order valence-corrected chi connectivity index (χ4v) is 0.900. The number of rotatable bonds is 3. The van der Waals surface area contributed by atoms with Gasteiger partial charge >= 0.3 is 0 Å². The van der Waals surface area contributed by atoms with Crippen molar-refractivity contribution in [2.24, 2.45) is 0 Å². The summed E-state index contributed by atoms with van der Waals surface area (Å²) in [6, 6.07) is 1.64. The van der Waals surface area contributed by atoms with Gasteiger partial charge < -0.3 is 4.42 Å². The molecule has 62 valence electrons. The van der Waals surface area contributed by atoms with Gasteiger partial charge in [0.25, 0.3) is 10.1 Å². The van der Waals surface area contributed by atoms with Gasteiger partial charge in [0.15, 0.2) is 0 Å². The summed E-state index contributed by atoms with van der Waals surface area (Å²) in [4.78, 5) is 0. The van der Waals surface area contributed by atoms with Gasteiger partial charge in [-0.15, -0.1) is 0 Å². The molecule has 0 aromatic carbocycles. The first-order valence-corrected chi connectivity index (χ1v) is 4.75. The van der Waals surface area contributed by atoms with Crippen LogP contribution in [-0.2, 0) is 20.9 Å². The van der Waals surface area contributed by atoms with Gasteiger partial charge in [0.2, 0.25) is 0 Å². The SMILES string of the molecule is CS(=O)(=O)OCc1ccoc1. The number of hydrogen-bond donors (Lipinski definition) is 0. The number of furan rings is 1. The van der Waals surface area contributed by atoms with E-state index in [-0.39, 0.29) is 6.61 Å². The zero-order chi connectivity index (χ0) is 8.32. The predicted octanol–water partition coefficient (Wildman–Crippen LogP) is 0.756. The highest BCUT2D eigenvalue weighted by Gasteiger charge is 2.02. The average molecular weight is 176 g/mol. The van der Waals surface area contributed by atoms with Crippen LogP contribution in [0.25, 0.3) is 0 Å². The fraction of sp³-hybridized carbons (Fsp3) is 0.333. The Morgan fingerprint density at radius 1 is 1.64 bits per heavy atom. The zero-order valence-corrected chi connectivity index (χ0v) is 6.80. The topological polar surface area (TPSA) is 56.5 Å². The molecule has 0 saturated carbocycles. The summed E-state index contributed by atoms with van der Waals surface area (Å²) < 4.78 is 30.1. The first kappa shape index (κ1) is 8.29. The molecule has 0 saturated heterocycles. The molecule has 0 N–H and O–H groups in total. The summed E-state index contributed by atoms with van der Waals surface area (Å²) >= 11 is 0. The summed E-state index contributed by atoms with van der Waals surface area (Å²) in [5, 5.41) is 0. The predicted molar refractivity (Wildman–Crippen MR) is 38.3 cm³/mol. The molecule has 11 heavy (non-hydrogen) atoms. The Kier molecular flexibility index (Phi) is 2.31. The van der Waals surface area contributed by atoms with Crippen LogP contribution in [0.3, 0.4) is 0 Å². The molecule has 0 spiro atoms. The second kappa shape index (κ2) is 3.06. The Bertz CT molecular complexity index is 297. The quantitative estimate of drug-likeness (QED) is 0.638. The van der Waals surface area contributed by atoms with Crippen molar-refractivity contribution >= 4 is 10.1 Å². The monoisotopic (exact) mass is 176 g/mol. The molecular formula is C6H8O4S. The second-order valence-electron chi connectivity index (χ2n) is 2.10. The van der Waals surface area contributed by atoms with Crippen molar-refractivity contribution in [3.63, 3.8) is 0 Å². The maximum Gasteiger partial charge on any atom is 0.264 e. The third-order valence-corrected chi connectivity index (χ3v) is 1.57. The van der Waals surface area contributed by atoms with Gasteiger partial charge in [-0.2, -0.15) is 8.42 Å². The van der Waals surface area contributed by atoms with Crippen molar-refractivity contribution in [2.45, 2.75) is 6.61 Å². The first-order valence-electron chi connectivity index (χ1n) is 2.93. The molecule has 4 nitrogen and oxygen atoms in total. The summed E-state index contributed by atoms with van der Waals surface area (Å²) in [5.41, 5.74) is 0.704. The highest BCUT2D eigenvalue weighted by Crippen LogP contribution is 2.03. The Morgan fingerprint density at radius 3 is 2.82 bits per heavy atom. The van der Waals surface area contributed by atoms with Crippen molar-refractivity contribution in [1.82, 2.24) is 0 Å². The molecule has 0 amide bonds. The molecular weight excluding hydrogens is 168 g/mol. The van der Waals surface area contributed by atoms with Crippen molar-refractivity contribution in [2.75, 3.05) is 6.26 Å². The van der Waals surface area contributed by atoms with E-state index in [9.17, 15) is 8.42 Å². The minimum absolute atomic E-state index is 0.0370. The third-order valence-electron chi connectivity index (χ3n) is 1.02. The largest absolute Gasteiger partial charge is 0.472 e. The van der Waals surface area contributed by atoms with Crippen LogP contribution < -0.4 is 0 Å². The Balaban J connectivity index is 2.48. The molecule has 0 aliphatic carbocycles. The third kappa shape index (κ3) is 3.20. The van der Waals surface area contributed by atoms with Crippen LogP contribution in [0, 0.1) is 0 Å². The van der Waals surface area contributed by atoms with E-state index in [1.165, 1.54) is 12.5 Å². The van der Waals surface area contributed by atoms with Crippen LogP contribution in [-0.4, -0.2) is 14.7 Å². The lowest BCUT2D eigenvalue weighted by atomic mass is 10.4. The molecule has 1 aromatic rings. The van der Waals surface area contributed by atoms with E-state index in [2.05, 4.69) is 4.18 Å². The Labute approximate surface area is 64.9 Å². The van der Waals surface area contributed by atoms with Gasteiger partial charge in [-0.05, 0) is 6.07 Å². The van der Waals surface area contributed by atoms with Gasteiger partial charge in [-0.1, -0.05) is 0 Å². The van der Waals surface area contributed by atoms with Gasteiger partial charge in [0.05, 0.1) is 25.4 Å². The van der Waals surface area contributed by atoms with Crippen LogP contribution in [0.2, 0.25) is 0 Å². The molecule has 5 heteroatoms. The molecule has 0 aliphatic rings. The minimum Gasteiger partial charge on any atom is -0.472 e. The molecule has 0 aliphatic heterocycles. The van der Waals surface area contributed by atoms with Crippen molar-refractivity contribution in [1.29, 1.82) is 0 Å². The molecule has 1 heterocycles. The molecule has 1 aromatic heterocycles. The first-order chi connectivity index (χ1) is 5.08. The van der Waals surface area contributed by atoms with E-state index in [0.717, 1.165) is 6.26 Å². The summed E-state index contributed by atoms with van der Waals surface area (Å²) in [7, 11) is -3.34. The lowest BCUT2D eigenvalue weighted by Gasteiger charge is -1.95. The molecule has 0 fully saturated rings. The minimum atomic E-state index is -3.34. The van der Waals surface area contributed by atoms with Gasteiger partial charge in [0.1, 0.15) is 0 Å². The van der Waals surface area contributed by atoms with Crippen LogP contribution in [0.4, 0.5) is 0 Å². The van der Waals surface area contributed by atoms with Crippen LogP contribution in [0.15, 0.2) is 23.0 Å². The molecule has 0 bridgehead atoms.